The molecule has 0 fully saturated rings. The summed E-state index contributed by atoms with van der Waals surface area (Å²) in [4.78, 5) is 0. The van der Waals surface area contributed by atoms with Crippen LogP contribution in [0.3, 0.4) is 0 Å². The maximum absolute atomic E-state index is 8.48. The number of rotatable bonds is 3. The zero-order chi connectivity index (χ0) is 6.62. The number of hydrogen-bond donors (Lipinski definition) is 1. The molecule has 48 valence electrons. The first kappa shape index (κ1) is 7.96. The van der Waals surface area contributed by atoms with Gasteiger partial charge in [0.2, 0.25) is 0 Å². The maximum Gasteiger partial charge on any atom is 0.134 e. The zero-order valence-corrected chi connectivity index (χ0v) is 5.86. The molecule has 0 aliphatic carbocycles. The summed E-state index contributed by atoms with van der Waals surface area (Å²) in [6.45, 7) is 8.28. The van der Waals surface area contributed by atoms with E-state index in [1.807, 2.05) is 13.8 Å². The molecule has 0 saturated carbocycles. The summed E-state index contributed by atoms with van der Waals surface area (Å²) in [5.41, 5.74) is -0.102. The quantitative estimate of drug-likeness (QED) is 0.596. The lowest BCUT2D eigenvalue weighted by molar-refractivity contribution is 0.229. The molecule has 0 unspecified atom stereocenters. The topological polar surface area (TPSA) is 20.2 Å². The van der Waals surface area contributed by atoms with Gasteiger partial charge in [0.05, 0.1) is 0 Å². The molecule has 0 bridgehead atoms. The second kappa shape index (κ2) is 3.08. The molecule has 0 aromatic rings. The molecule has 0 rings (SSSR count). The van der Waals surface area contributed by atoms with Crippen molar-refractivity contribution in [2.45, 2.75) is 33.6 Å². The minimum Gasteiger partial charge on any atom is -0.383 e. The fourth-order valence-electron chi connectivity index (χ4n) is 0.681. The fraction of sp³-hybridized carbons (Fsp3) is 0.857. The summed E-state index contributed by atoms with van der Waals surface area (Å²) in [6.07, 6.45) is 2.10. The van der Waals surface area contributed by atoms with Gasteiger partial charge in [-0.2, -0.15) is 0 Å². The van der Waals surface area contributed by atoms with Crippen molar-refractivity contribution in [3.8, 4) is 0 Å². The van der Waals surface area contributed by atoms with Crippen molar-refractivity contribution >= 4 is 0 Å². The average Bonchev–Trinajstić information content (AvgIpc) is 1.67. The third-order valence-electron chi connectivity index (χ3n) is 1.18. The van der Waals surface area contributed by atoms with Crippen LogP contribution in [0.15, 0.2) is 0 Å². The first-order chi connectivity index (χ1) is 3.62. The van der Waals surface area contributed by atoms with Crippen LogP contribution in [-0.4, -0.2) is 5.11 Å². The van der Waals surface area contributed by atoms with Gasteiger partial charge in [-0.25, -0.2) is 0 Å². The SMILES string of the molecule is CCCC(C)(C)[C]O. The Hall–Kier alpha value is -0.0400. The van der Waals surface area contributed by atoms with Crippen LogP contribution in [0.25, 0.3) is 0 Å². The van der Waals surface area contributed by atoms with Crippen LogP contribution in [0.1, 0.15) is 33.6 Å². The van der Waals surface area contributed by atoms with Crippen LogP contribution in [0.5, 0.6) is 0 Å². The van der Waals surface area contributed by atoms with Gasteiger partial charge in [-0.15, -0.1) is 0 Å². The molecule has 0 aliphatic rings. The second-order valence-electron chi connectivity index (χ2n) is 2.75. The van der Waals surface area contributed by atoms with Gasteiger partial charge < -0.3 is 5.11 Å². The van der Waals surface area contributed by atoms with E-state index in [0.717, 1.165) is 12.8 Å². The number of aliphatic hydroxyl groups excluding tert-OH is 1. The highest BCUT2D eigenvalue weighted by atomic mass is 16.3. The van der Waals surface area contributed by atoms with Crippen molar-refractivity contribution in [1.29, 1.82) is 0 Å². The van der Waals surface area contributed by atoms with E-state index in [1.54, 1.807) is 0 Å². The predicted molar refractivity (Wildman–Crippen MR) is 33.9 cm³/mol. The Kier molecular flexibility index (Phi) is 3.06. The summed E-state index contributed by atoms with van der Waals surface area (Å²) < 4.78 is 0. The van der Waals surface area contributed by atoms with E-state index in [-0.39, 0.29) is 5.41 Å². The van der Waals surface area contributed by atoms with Gasteiger partial charge in [0.15, 0.2) is 0 Å². The van der Waals surface area contributed by atoms with E-state index >= 15 is 0 Å². The van der Waals surface area contributed by atoms with Crippen LogP contribution in [0, 0.1) is 12.0 Å². The Morgan fingerprint density at radius 2 is 2.00 bits per heavy atom. The van der Waals surface area contributed by atoms with E-state index in [0.29, 0.717) is 0 Å². The first-order valence-corrected chi connectivity index (χ1v) is 3.03. The molecule has 0 aromatic carbocycles. The monoisotopic (exact) mass is 114 g/mol. The molecule has 0 heterocycles. The molecule has 0 spiro atoms. The standard InChI is InChI=1S/C7H14O/c1-4-5-7(2,3)6-8/h8H,4-5H2,1-3H3. The molecule has 8 heavy (non-hydrogen) atoms. The van der Waals surface area contributed by atoms with Gasteiger partial charge in [-0.05, 0) is 11.8 Å². The van der Waals surface area contributed by atoms with Crippen LogP contribution in [-0.2, 0) is 0 Å². The van der Waals surface area contributed by atoms with Crippen molar-refractivity contribution in [3.05, 3.63) is 6.61 Å². The summed E-state index contributed by atoms with van der Waals surface area (Å²) in [6, 6.07) is 0. The summed E-state index contributed by atoms with van der Waals surface area (Å²) in [7, 11) is 0. The van der Waals surface area contributed by atoms with Crippen LogP contribution >= 0.6 is 0 Å². The van der Waals surface area contributed by atoms with Crippen LogP contribution in [0.4, 0.5) is 0 Å². The Bertz CT molecular complexity index is 57.4. The van der Waals surface area contributed by atoms with E-state index < -0.39 is 0 Å². The highest BCUT2D eigenvalue weighted by Crippen LogP contribution is 2.23. The minimum atomic E-state index is -0.102. The second-order valence-corrected chi connectivity index (χ2v) is 2.75. The molecule has 0 amide bonds. The molecule has 0 saturated heterocycles. The van der Waals surface area contributed by atoms with E-state index in [9.17, 15) is 0 Å². The van der Waals surface area contributed by atoms with Gasteiger partial charge in [-0.1, -0.05) is 27.2 Å². The molecule has 2 radical (unpaired) electrons. The van der Waals surface area contributed by atoms with Gasteiger partial charge >= 0.3 is 0 Å². The lowest BCUT2D eigenvalue weighted by Gasteiger charge is -2.17. The summed E-state index contributed by atoms with van der Waals surface area (Å²) >= 11 is 0. The fourth-order valence-corrected chi connectivity index (χ4v) is 0.681. The predicted octanol–water partition coefficient (Wildman–Crippen LogP) is 2.22. The smallest absolute Gasteiger partial charge is 0.134 e. The minimum absolute atomic E-state index is 0.102. The Labute approximate surface area is 51.7 Å². The van der Waals surface area contributed by atoms with Gasteiger partial charge in [0, 0.05) is 0 Å². The highest BCUT2D eigenvalue weighted by molar-refractivity contribution is 4.74. The van der Waals surface area contributed by atoms with Gasteiger partial charge in [-0.3, -0.25) is 0 Å². The largest absolute Gasteiger partial charge is 0.383 e. The Balaban J connectivity index is 3.37. The van der Waals surface area contributed by atoms with E-state index in [2.05, 4.69) is 13.5 Å². The molecule has 0 aliphatic heterocycles. The highest BCUT2D eigenvalue weighted by Gasteiger charge is 2.15. The van der Waals surface area contributed by atoms with Crippen molar-refractivity contribution in [3.63, 3.8) is 0 Å². The van der Waals surface area contributed by atoms with Crippen LogP contribution in [0.2, 0.25) is 0 Å². The van der Waals surface area contributed by atoms with Crippen molar-refractivity contribution < 1.29 is 5.11 Å². The lowest BCUT2D eigenvalue weighted by Crippen LogP contribution is -2.10. The van der Waals surface area contributed by atoms with Crippen molar-refractivity contribution in [1.82, 2.24) is 0 Å². The molecule has 0 aromatic heterocycles. The van der Waals surface area contributed by atoms with E-state index in [1.165, 1.54) is 0 Å². The molecular formula is C7H14O. The van der Waals surface area contributed by atoms with Crippen LogP contribution < -0.4 is 0 Å². The first-order valence-electron chi connectivity index (χ1n) is 3.03. The Morgan fingerprint density at radius 3 is 2.12 bits per heavy atom. The molecule has 1 N–H and O–H groups in total. The maximum atomic E-state index is 8.48. The van der Waals surface area contributed by atoms with Crippen molar-refractivity contribution in [2.75, 3.05) is 0 Å². The Morgan fingerprint density at radius 1 is 1.50 bits per heavy atom. The molecular weight excluding hydrogens is 100 g/mol. The summed E-state index contributed by atoms with van der Waals surface area (Å²) in [5.74, 6) is 0. The number of hydrogen-bond acceptors (Lipinski definition) is 1. The molecule has 1 heteroatoms. The number of aliphatic hydroxyl groups is 1. The van der Waals surface area contributed by atoms with Crippen molar-refractivity contribution in [2.24, 2.45) is 5.41 Å². The van der Waals surface area contributed by atoms with E-state index in [4.69, 9.17) is 5.11 Å². The summed E-state index contributed by atoms with van der Waals surface area (Å²) in [5, 5.41) is 8.48. The molecule has 1 nitrogen and oxygen atoms in total. The van der Waals surface area contributed by atoms with Gasteiger partial charge in [0.25, 0.3) is 0 Å². The third kappa shape index (κ3) is 3.03. The van der Waals surface area contributed by atoms with Gasteiger partial charge in [0.1, 0.15) is 6.61 Å². The normalized spacial score (nSPS) is 12.0. The average molecular weight is 114 g/mol. The lowest BCUT2D eigenvalue weighted by atomic mass is 9.89. The zero-order valence-electron chi connectivity index (χ0n) is 5.86. The third-order valence-corrected chi connectivity index (χ3v) is 1.18. The molecule has 0 atom stereocenters.